The zero-order valence-electron chi connectivity index (χ0n) is 16.8. The average molecular weight is 414 g/mol. The van der Waals surface area contributed by atoms with Gasteiger partial charge in [0, 0.05) is 44.7 Å². The molecule has 3 rings (SSSR count). The van der Waals surface area contributed by atoms with E-state index in [0.29, 0.717) is 11.6 Å². The van der Waals surface area contributed by atoms with Crippen LogP contribution in [0.25, 0.3) is 0 Å². The minimum Gasteiger partial charge on any atom is -0.349 e. The van der Waals surface area contributed by atoms with E-state index in [1.165, 1.54) is 12.5 Å². The smallest absolute Gasteiger partial charge is 0.225 e. The second-order valence-corrected chi connectivity index (χ2v) is 7.94. The highest BCUT2D eigenvalue weighted by Crippen LogP contribution is 2.21. The Balaban J connectivity index is 1.59. The predicted octanol–water partition coefficient (Wildman–Crippen LogP) is 3.64. The van der Waals surface area contributed by atoms with Crippen LogP contribution in [-0.2, 0) is 16.1 Å². The molecule has 0 aliphatic carbocycles. The van der Waals surface area contributed by atoms with Crippen molar-refractivity contribution < 1.29 is 9.59 Å². The first kappa shape index (κ1) is 21.3. The van der Waals surface area contributed by atoms with Gasteiger partial charge in [0.2, 0.25) is 11.8 Å². The molecule has 154 valence electrons. The van der Waals surface area contributed by atoms with Gasteiger partial charge in [0.25, 0.3) is 0 Å². The van der Waals surface area contributed by atoms with Crippen molar-refractivity contribution in [2.45, 2.75) is 32.4 Å². The number of hydrogen-bond donors (Lipinski definition) is 1. The Morgan fingerprint density at radius 1 is 1.00 bits per heavy atom. The predicted molar refractivity (Wildman–Crippen MR) is 116 cm³/mol. The zero-order chi connectivity index (χ0) is 20.6. The third-order valence-electron chi connectivity index (χ3n) is 5.22. The molecule has 0 saturated carbocycles. The highest BCUT2D eigenvalue weighted by atomic mass is 35.5. The van der Waals surface area contributed by atoms with Crippen LogP contribution in [0.2, 0.25) is 5.02 Å². The number of nitrogens with zero attached hydrogens (tertiary/aromatic N) is 2. The summed E-state index contributed by atoms with van der Waals surface area (Å²) < 4.78 is 0. The lowest BCUT2D eigenvalue weighted by Gasteiger charge is -2.25. The molecule has 0 radical (unpaired) electrons. The molecule has 5 nitrogen and oxygen atoms in total. The fourth-order valence-corrected chi connectivity index (χ4v) is 3.84. The number of amides is 2. The second kappa shape index (κ2) is 10.4. The number of hydrogen-bond acceptors (Lipinski definition) is 3. The van der Waals surface area contributed by atoms with Crippen LogP contribution >= 0.6 is 11.6 Å². The lowest BCUT2D eigenvalue weighted by Crippen LogP contribution is -2.38. The van der Waals surface area contributed by atoms with Crippen molar-refractivity contribution in [3.63, 3.8) is 0 Å². The van der Waals surface area contributed by atoms with Crippen molar-refractivity contribution >= 4 is 23.4 Å². The molecule has 0 aromatic heterocycles. The fourth-order valence-electron chi connectivity index (χ4n) is 3.72. The summed E-state index contributed by atoms with van der Waals surface area (Å²) in [5.41, 5.74) is 2.18. The van der Waals surface area contributed by atoms with Crippen LogP contribution in [-0.4, -0.2) is 47.8 Å². The zero-order valence-corrected chi connectivity index (χ0v) is 17.6. The van der Waals surface area contributed by atoms with E-state index in [0.717, 1.165) is 38.2 Å². The van der Waals surface area contributed by atoms with Crippen molar-refractivity contribution in [1.29, 1.82) is 0 Å². The molecule has 2 aromatic rings. The molecule has 2 aromatic carbocycles. The van der Waals surface area contributed by atoms with Gasteiger partial charge in [0.15, 0.2) is 0 Å². The molecule has 1 N–H and O–H groups in total. The first-order chi connectivity index (χ1) is 14.0. The normalized spacial score (nSPS) is 16.1. The number of carbonyl (C=O) groups excluding carboxylic acids is 2. The summed E-state index contributed by atoms with van der Waals surface area (Å²) in [5.74, 6) is -0.0806. The highest BCUT2D eigenvalue weighted by Gasteiger charge is 2.23. The largest absolute Gasteiger partial charge is 0.349 e. The van der Waals surface area contributed by atoms with Crippen LogP contribution in [0.5, 0.6) is 0 Å². The molecule has 1 aliphatic rings. The molecule has 1 atom stereocenters. The van der Waals surface area contributed by atoms with E-state index >= 15 is 0 Å². The molecule has 29 heavy (non-hydrogen) atoms. The van der Waals surface area contributed by atoms with Crippen LogP contribution in [0.15, 0.2) is 54.6 Å². The van der Waals surface area contributed by atoms with Crippen LogP contribution < -0.4 is 5.32 Å². The lowest BCUT2D eigenvalue weighted by atomic mass is 10.0. The molecule has 0 spiro atoms. The van der Waals surface area contributed by atoms with Gasteiger partial charge in [-0.2, -0.15) is 0 Å². The Hall–Kier alpha value is -2.37. The van der Waals surface area contributed by atoms with Gasteiger partial charge in [-0.3, -0.25) is 14.5 Å². The summed E-state index contributed by atoms with van der Waals surface area (Å²) in [4.78, 5) is 29.0. The summed E-state index contributed by atoms with van der Waals surface area (Å²) in [7, 11) is 0. The Bertz CT molecular complexity index is 811. The lowest BCUT2D eigenvalue weighted by molar-refractivity contribution is -0.132. The van der Waals surface area contributed by atoms with Gasteiger partial charge in [0.05, 0.1) is 12.5 Å². The molecule has 1 saturated heterocycles. The summed E-state index contributed by atoms with van der Waals surface area (Å²) in [6.07, 6.45) is 1.20. The van der Waals surface area contributed by atoms with Gasteiger partial charge in [-0.15, -0.1) is 0 Å². The maximum Gasteiger partial charge on any atom is 0.225 e. The van der Waals surface area contributed by atoms with Crippen LogP contribution in [0, 0.1) is 0 Å². The van der Waals surface area contributed by atoms with Crippen molar-refractivity contribution in [2.75, 3.05) is 26.2 Å². The minimum absolute atomic E-state index is 0.0697. The Morgan fingerprint density at radius 2 is 1.72 bits per heavy atom. The highest BCUT2D eigenvalue weighted by molar-refractivity contribution is 6.30. The van der Waals surface area contributed by atoms with Gasteiger partial charge in [-0.05, 0) is 29.7 Å². The van der Waals surface area contributed by atoms with Crippen LogP contribution in [0.1, 0.15) is 36.9 Å². The number of nitrogens with one attached hydrogen (secondary N) is 1. The van der Waals surface area contributed by atoms with E-state index in [4.69, 9.17) is 11.6 Å². The molecule has 1 fully saturated rings. The van der Waals surface area contributed by atoms with E-state index < -0.39 is 0 Å². The number of rotatable bonds is 6. The van der Waals surface area contributed by atoms with Gasteiger partial charge in [-0.1, -0.05) is 54.1 Å². The Labute approximate surface area is 177 Å². The van der Waals surface area contributed by atoms with E-state index in [9.17, 15) is 9.59 Å². The summed E-state index contributed by atoms with van der Waals surface area (Å²) >= 11 is 5.97. The summed E-state index contributed by atoms with van der Waals surface area (Å²) in [6, 6.07) is 17.4. The van der Waals surface area contributed by atoms with Gasteiger partial charge in [-0.25, -0.2) is 0 Å². The van der Waals surface area contributed by atoms with Gasteiger partial charge < -0.3 is 10.2 Å². The van der Waals surface area contributed by atoms with E-state index in [1.54, 1.807) is 12.1 Å². The van der Waals surface area contributed by atoms with Crippen molar-refractivity contribution in [3.05, 3.63) is 70.7 Å². The second-order valence-electron chi connectivity index (χ2n) is 7.50. The summed E-state index contributed by atoms with van der Waals surface area (Å²) in [5, 5.41) is 3.53. The van der Waals surface area contributed by atoms with Crippen molar-refractivity contribution in [1.82, 2.24) is 15.1 Å². The summed E-state index contributed by atoms with van der Waals surface area (Å²) in [6.45, 7) is 5.66. The van der Waals surface area contributed by atoms with Crippen molar-refractivity contribution in [2.24, 2.45) is 0 Å². The first-order valence-electron chi connectivity index (χ1n) is 10.1. The average Bonchev–Trinajstić information content (AvgIpc) is 2.94. The van der Waals surface area contributed by atoms with Gasteiger partial charge >= 0.3 is 0 Å². The number of benzene rings is 2. The fraction of sp³-hybridized carbons (Fsp3) is 0.391. The van der Waals surface area contributed by atoms with Crippen molar-refractivity contribution in [3.8, 4) is 0 Å². The quantitative estimate of drug-likeness (QED) is 0.786. The maximum absolute atomic E-state index is 13.0. The van der Waals surface area contributed by atoms with E-state index in [1.807, 2.05) is 23.1 Å². The molecular weight excluding hydrogens is 386 g/mol. The third-order valence-corrected chi connectivity index (χ3v) is 5.47. The molecule has 1 aliphatic heterocycles. The van der Waals surface area contributed by atoms with E-state index in [2.05, 4.69) is 34.5 Å². The monoisotopic (exact) mass is 413 g/mol. The SMILES string of the molecule is CC(=O)NC(CC(=O)N1CCCN(Cc2ccccc2)CC1)c1ccc(Cl)cc1. The maximum atomic E-state index is 13.0. The van der Waals surface area contributed by atoms with Crippen LogP contribution in [0.4, 0.5) is 0 Å². The topological polar surface area (TPSA) is 52.7 Å². The van der Waals surface area contributed by atoms with Crippen LogP contribution in [0.3, 0.4) is 0 Å². The minimum atomic E-state index is -0.346. The van der Waals surface area contributed by atoms with E-state index in [-0.39, 0.29) is 24.3 Å². The number of halogens is 1. The molecule has 2 amide bonds. The van der Waals surface area contributed by atoms with Gasteiger partial charge in [0.1, 0.15) is 0 Å². The molecule has 0 bridgehead atoms. The Kier molecular flexibility index (Phi) is 7.67. The molecule has 6 heteroatoms. The molecular formula is C23H28ClN3O2. The first-order valence-corrected chi connectivity index (χ1v) is 10.5. The standard InChI is InChI=1S/C23H28ClN3O2/c1-18(28)25-22(20-8-10-21(24)11-9-20)16-23(29)27-13-5-12-26(14-15-27)17-19-6-3-2-4-7-19/h2-4,6-11,22H,5,12-17H2,1H3,(H,25,28). The molecule has 1 heterocycles. The third kappa shape index (κ3) is 6.58. The Morgan fingerprint density at radius 3 is 2.41 bits per heavy atom. The molecule has 1 unspecified atom stereocenters. The number of carbonyl (C=O) groups is 2.